The zero-order chi connectivity index (χ0) is 27.3. The SMILES string of the molecule is N[C@@H](CCC(=O)N[C@@H](CSC/C=C/CO[C@@H]1OC(CO)[C@@H](O)C(O)C1O)C(=O)NCC(=O)O)C(=O)O. The van der Waals surface area contributed by atoms with Gasteiger partial charge in [0.15, 0.2) is 6.29 Å². The predicted octanol–water partition coefficient (Wildman–Crippen LogP) is -4.03. The molecule has 0 radical (unpaired) electrons. The topological polar surface area (TPSA) is 258 Å². The number of aliphatic hydroxyl groups is 4. The van der Waals surface area contributed by atoms with Gasteiger partial charge in [-0.1, -0.05) is 12.2 Å². The molecule has 16 heteroatoms. The summed E-state index contributed by atoms with van der Waals surface area (Å²) in [5.74, 6) is -3.46. The zero-order valence-electron chi connectivity index (χ0n) is 19.3. The summed E-state index contributed by atoms with van der Waals surface area (Å²) in [6.45, 7) is -1.28. The van der Waals surface area contributed by atoms with Gasteiger partial charge in [-0.05, 0) is 6.42 Å². The van der Waals surface area contributed by atoms with Crippen LogP contribution in [0.15, 0.2) is 12.2 Å². The maximum absolute atomic E-state index is 12.2. The van der Waals surface area contributed by atoms with E-state index in [9.17, 15) is 34.5 Å². The molecule has 1 heterocycles. The number of nitrogens with two attached hydrogens (primary N) is 1. The lowest BCUT2D eigenvalue weighted by atomic mass is 9.99. The smallest absolute Gasteiger partial charge is 0.322 e. The molecule has 0 aromatic heterocycles. The number of hydrogen-bond donors (Lipinski definition) is 9. The van der Waals surface area contributed by atoms with Gasteiger partial charge in [0.05, 0.1) is 13.2 Å². The first kappa shape index (κ1) is 31.7. The van der Waals surface area contributed by atoms with Gasteiger partial charge in [-0.15, -0.1) is 0 Å². The highest BCUT2D eigenvalue weighted by molar-refractivity contribution is 7.99. The lowest BCUT2D eigenvalue weighted by Gasteiger charge is -2.39. The van der Waals surface area contributed by atoms with Crippen LogP contribution in [0.3, 0.4) is 0 Å². The monoisotopic (exact) mass is 539 g/mol. The second kappa shape index (κ2) is 16.4. The highest BCUT2D eigenvalue weighted by Gasteiger charge is 2.43. The number of carbonyl (C=O) groups excluding carboxylic acids is 2. The molecule has 1 saturated heterocycles. The standard InChI is InChI=1S/C20H33N3O12S/c21-10(19(32)33)3-4-13(25)23-11(18(31)22-7-14(26)27)9-36-6-2-1-5-34-20-17(30)16(29)15(28)12(8-24)35-20/h1-2,10-12,15-17,20,24,28-30H,3-9,21H2,(H,22,31)(H,23,25)(H,26,27)(H,32,33)/b2-1+/t10-,11-,12?,15+,16?,17?,20+/m0/s1. The predicted molar refractivity (Wildman–Crippen MR) is 124 cm³/mol. The van der Waals surface area contributed by atoms with Crippen LogP contribution in [0.4, 0.5) is 0 Å². The van der Waals surface area contributed by atoms with Crippen molar-refractivity contribution in [1.82, 2.24) is 10.6 Å². The second-order valence-corrected chi connectivity index (χ2v) is 8.83. The number of nitrogens with one attached hydrogen (secondary N) is 2. The fourth-order valence-electron chi connectivity index (χ4n) is 2.89. The van der Waals surface area contributed by atoms with E-state index in [1.54, 1.807) is 12.2 Å². The first-order valence-corrected chi connectivity index (χ1v) is 12.1. The molecule has 36 heavy (non-hydrogen) atoms. The molecule has 0 aliphatic carbocycles. The summed E-state index contributed by atoms with van der Waals surface area (Å²) in [4.78, 5) is 45.8. The van der Waals surface area contributed by atoms with E-state index in [0.717, 1.165) is 0 Å². The van der Waals surface area contributed by atoms with Crippen molar-refractivity contribution in [1.29, 1.82) is 0 Å². The summed E-state index contributed by atoms with van der Waals surface area (Å²) in [5, 5.41) is 60.6. The number of amides is 2. The summed E-state index contributed by atoms with van der Waals surface area (Å²) < 4.78 is 10.5. The van der Waals surface area contributed by atoms with E-state index in [0.29, 0.717) is 5.75 Å². The van der Waals surface area contributed by atoms with E-state index in [2.05, 4.69) is 10.6 Å². The molecular formula is C20H33N3O12S. The molecule has 0 aromatic rings. The normalized spacial score (nSPS) is 25.8. The number of aliphatic carboxylic acids is 2. The average molecular weight is 540 g/mol. The van der Waals surface area contributed by atoms with Crippen LogP contribution < -0.4 is 16.4 Å². The Morgan fingerprint density at radius 3 is 2.39 bits per heavy atom. The van der Waals surface area contributed by atoms with Crippen LogP contribution in [-0.2, 0) is 28.7 Å². The van der Waals surface area contributed by atoms with E-state index >= 15 is 0 Å². The number of carboxylic acid groups (broad SMARTS) is 2. The Morgan fingerprint density at radius 2 is 1.78 bits per heavy atom. The van der Waals surface area contributed by atoms with E-state index in [1.807, 2.05) is 0 Å². The molecule has 1 rings (SSSR count). The van der Waals surface area contributed by atoms with Crippen molar-refractivity contribution in [2.45, 2.75) is 55.6 Å². The van der Waals surface area contributed by atoms with Crippen molar-refractivity contribution in [3.05, 3.63) is 12.2 Å². The van der Waals surface area contributed by atoms with Crippen LogP contribution in [-0.4, -0.2) is 128 Å². The van der Waals surface area contributed by atoms with Crippen LogP contribution in [0.1, 0.15) is 12.8 Å². The molecule has 0 saturated carbocycles. The number of rotatable bonds is 16. The number of aliphatic hydroxyl groups excluding tert-OH is 4. The highest BCUT2D eigenvalue weighted by atomic mass is 32.2. The number of hydrogen-bond acceptors (Lipinski definition) is 12. The third kappa shape index (κ3) is 11.2. The summed E-state index contributed by atoms with van der Waals surface area (Å²) in [5.41, 5.74) is 5.35. The van der Waals surface area contributed by atoms with Gasteiger partial charge in [-0.3, -0.25) is 19.2 Å². The largest absolute Gasteiger partial charge is 0.480 e. The summed E-state index contributed by atoms with van der Waals surface area (Å²) in [7, 11) is 0. The van der Waals surface area contributed by atoms with Crippen molar-refractivity contribution in [2.75, 3.05) is 31.3 Å². The summed E-state index contributed by atoms with van der Waals surface area (Å²) in [6, 6.07) is -2.32. The molecule has 1 fully saturated rings. The van der Waals surface area contributed by atoms with E-state index in [4.69, 9.17) is 30.5 Å². The fraction of sp³-hybridized carbons (Fsp3) is 0.700. The Bertz CT molecular complexity index is 768. The van der Waals surface area contributed by atoms with Gasteiger partial charge in [0.25, 0.3) is 0 Å². The minimum atomic E-state index is -1.56. The van der Waals surface area contributed by atoms with E-state index in [-0.39, 0.29) is 25.2 Å². The summed E-state index contributed by atoms with van der Waals surface area (Å²) in [6.07, 6.45) is -4.12. The first-order chi connectivity index (χ1) is 17.0. The Labute approximate surface area is 210 Å². The van der Waals surface area contributed by atoms with Crippen LogP contribution in [0.25, 0.3) is 0 Å². The molecular weight excluding hydrogens is 506 g/mol. The summed E-state index contributed by atoms with van der Waals surface area (Å²) >= 11 is 1.22. The number of carbonyl (C=O) groups is 4. The third-order valence-corrected chi connectivity index (χ3v) is 5.93. The van der Waals surface area contributed by atoms with Gasteiger partial charge in [-0.25, -0.2) is 0 Å². The molecule has 0 spiro atoms. The first-order valence-electron chi connectivity index (χ1n) is 10.9. The van der Waals surface area contributed by atoms with Gasteiger partial charge in [0, 0.05) is 17.9 Å². The van der Waals surface area contributed by atoms with Crippen molar-refractivity contribution >= 4 is 35.5 Å². The number of ether oxygens (including phenoxy) is 2. The van der Waals surface area contributed by atoms with Crippen LogP contribution in [0.5, 0.6) is 0 Å². The minimum Gasteiger partial charge on any atom is -0.480 e. The third-order valence-electron chi connectivity index (χ3n) is 4.94. The van der Waals surface area contributed by atoms with Gasteiger partial charge in [0.2, 0.25) is 11.8 Å². The van der Waals surface area contributed by atoms with Gasteiger partial charge in [0.1, 0.15) is 43.0 Å². The molecule has 15 nitrogen and oxygen atoms in total. The number of thioether (sulfide) groups is 1. The quantitative estimate of drug-likeness (QED) is 0.0668. The van der Waals surface area contributed by atoms with Crippen LogP contribution >= 0.6 is 11.8 Å². The lowest BCUT2D eigenvalue weighted by molar-refractivity contribution is -0.298. The van der Waals surface area contributed by atoms with Crippen molar-refractivity contribution in [2.24, 2.45) is 5.73 Å². The molecule has 0 aromatic carbocycles. The van der Waals surface area contributed by atoms with Crippen LogP contribution in [0, 0.1) is 0 Å². The molecule has 1 aliphatic heterocycles. The number of carboxylic acids is 2. The van der Waals surface area contributed by atoms with Crippen LogP contribution in [0.2, 0.25) is 0 Å². The molecule has 2 amide bonds. The van der Waals surface area contributed by atoms with E-state index < -0.39 is 79.7 Å². The van der Waals surface area contributed by atoms with Crippen molar-refractivity contribution < 1.29 is 59.3 Å². The minimum absolute atomic E-state index is 0.0493. The molecule has 3 unspecified atom stereocenters. The maximum Gasteiger partial charge on any atom is 0.322 e. The second-order valence-electron chi connectivity index (χ2n) is 7.75. The Kier molecular flexibility index (Phi) is 14.5. The maximum atomic E-state index is 12.2. The van der Waals surface area contributed by atoms with Gasteiger partial charge < -0.3 is 56.5 Å². The Morgan fingerprint density at radius 1 is 1.08 bits per heavy atom. The molecule has 1 aliphatic rings. The van der Waals surface area contributed by atoms with E-state index in [1.165, 1.54) is 11.8 Å². The molecule has 206 valence electrons. The zero-order valence-corrected chi connectivity index (χ0v) is 20.1. The highest BCUT2D eigenvalue weighted by Crippen LogP contribution is 2.21. The molecule has 0 bridgehead atoms. The molecule has 10 N–H and O–H groups in total. The van der Waals surface area contributed by atoms with Gasteiger partial charge in [-0.2, -0.15) is 11.8 Å². The van der Waals surface area contributed by atoms with Crippen molar-refractivity contribution in [3.8, 4) is 0 Å². The lowest BCUT2D eigenvalue weighted by Crippen LogP contribution is -2.59. The molecule has 7 atom stereocenters. The van der Waals surface area contributed by atoms with Crippen molar-refractivity contribution in [3.63, 3.8) is 0 Å². The fourth-order valence-corrected chi connectivity index (χ4v) is 3.77. The Hall–Kier alpha value is -2.31. The van der Waals surface area contributed by atoms with Gasteiger partial charge >= 0.3 is 11.9 Å². The average Bonchev–Trinajstić information content (AvgIpc) is 2.83. The Balaban J connectivity index is 2.49.